The molecule has 0 saturated carbocycles. The molecule has 19 heavy (non-hydrogen) atoms. The summed E-state index contributed by atoms with van der Waals surface area (Å²) in [6, 6.07) is 5.39. The lowest BCUT2D eigenvalue weighted by atomic mass is 9.98. The molecule has 2 unspecified atom stereocenters. The Bertz CT molecular complexity index is 503. The van der Waals surface area contributed by atoms with Gasteiger partial charge in [0.25, 0.3) is 0 Å². The summed E-state index contributed by atoms with van der Waals surface area (Å²) in [6.45, 7) is 0. The van der Waals surface area contributed by atoms with E-state index < -0.39 is 5.97 Å². The van der Waals surface area contributed by atoms with Gasteiger partial charge in [0.2, 0.25) is 0 Å². The molecule has 2 fully saturated rings. The molecule has 1 aromatic carbocycles. The van der Waals surface area contributed by atoms with Gasteiger partial charge < -0.3 is 20.8 Å². The number of aromatic carboxylic acids is 1. The van der Waals surface area contributed by atoms with Crippen molar-refractivity contribution < 1.29 is 15.0 Å². The Labute approximate surface area is 111 Å². The first-order valence-electron chi connectivity index (χ1n) is 6.65. The molecule has 102 valence electrons. The molecule has 2 bridgehead atoms. The van der Waals surface area contributed by atoms with Crippen LogP contribution in [0, 0.1) is 0 Å². The third kappa shape index (κ3) is 2.04. The van der Waals surface area contributed by atoms with Crippen LogP contribution in [0.15, 0.2) is 18.2 Å². The molecule has 2 saturated heterocycles. The van der Waals surface area contributed by atoms with E-state index in [1.165, 1.54) is 6.07 Å². The molecule has 5 nitrogen and oxygen atoms in total. The molecule has 0 aromatic heterocycles. The van der Waals surface area contributed by atoms with Gasteiger partial charge in [0.05, 0.1) is 23.0 Å². The maximum Gasteiger partial charge on any atom is 0.335 e. The summed E-state index contributed by atoms with van der Waals surface area (Å²) in [6.07, 6.45) is 3.33. The van der Waals surface area contributed by atoms with Crippen LogP contribution < -0.4 is 10.6 Å². The number of hydrogen-bond acceptors (Lipinski definition) is 4. The van der Waals surface area contributed by atoms with Crippen molar-refractivity contribution in [2.75, 3.05) is 10.6 Å². The van der Waals surface area contributed by atoms with Gasteiger partial charge in [0.1, 0.15) is 0 Å². The van der Waals surface area contributed by atoms with E-state index in [0.717, 1.165) is 31.4 Å². The molecule has 2 aliphatic rings. The monoisotopic (exact) mass is 262 g/mol. The minimum Gasteiger partial charge on any atom is -0.478 e. The number of carbonyl (C=O) groups is 1. The highest BCUT2D eigenvalue weighted by Crippen LogP contribution is 2.41. The molecule has 4 N–H and O–H groups in total. The minimum atomic E-state index is -0.939. The van der Waals surface area contributed by atoms with Gasteiger partial charge in [-0.15, -0.1) is 0 Å². The van der Waals surface area contributed by atoms with Crippen LogP contribution in [0.2, 0.25) is 0 Å². The summed E-state index contributed by atoms with van der Waals surface area (Å²) >= 11 is 0. The zero-order valence-corrected chi connectivity index (χ0v) is 10.6. The molecule has 2 aliphatic heterocycles. The molecule has 1 aromatic rings. The number of piperidine rings is 1. The average Bonchev–Trinajstić information content (AvgIpc) is 2.62. The maximum atomic E-state index is 11.1. The van der Waals surface area contributed by atoms with Gasteiger partial charge >= 0.3 is 5.97 Å². The smallest absolute Gasteiger partial charge is 0.335 e. The average molecular weight is 262 g/mol. The number of fused-ring (bicyclic) bond motifs is 2. The predicted octanol–water partition coefficient (Wildman–Crippen LogP) is 1.46. The van der Waals surface area contributed by atoms with E-state index >= 15 is 0 Å². The largest absolute Gasteiger partial charge is 0.478 e. The van der Waals surface area contributed by atoms with Crippen molar-refractivity contribution in [3.8, 4) is 0 Å². The van der Waals surface area contributed by atoms with Crippen molar-refractivity contribution in [1.82, 2.24) is 0 Å². The summed E-state index contributed by atoms with van der Waals surface area (Å²) < 4.78 is 0. The van der Waals surface area contributed by atoms with Gasteiger partial charge in [-0.05, 0) is 43.9 Å². The fourth-order valence-corrected chi connectivity index (χ4v) is 3.44. The Balaban J connectivity index is 1.98. The van der Waals surface area contributed by atoms with Gasteiger partial charge in [0.15, 0.2) is 0 Å². The highest BCUT2D eigenvalue weighted by atomic mass is 16.4. The zero-order chi connectivity index (χ0) is 13.6. The zero-order valence-electron chi connectivity index (χ0n) is 10.6. The molecular formula is C14H18N2O3. The van der Waals surface area contributed by atoms with Crippen LogP contribution >= 0.6 is 0 Å². The molecule has 0 radical (unpaired) electrons. The quantitative estimate of drug-likeness (QED) is 0.702. The summed E-state index contributed by atoms with van der Waals surface area (Å²) in [5.74, 6) is -0.939. The third-order valence-electron chi connectivity index (χ3n) is 4.26. The predicted molar refractivity (Wildman–Crippen MR) is 72.3 cm³/mol. The SMILES string of the molecule is Nc1ccc(C(=O)O)cc1N1C2CCC1CC(O)C2. The highest BCUT2D eigenvalue weighted by molar-refractivity contribution is 5.90. The van der Waals surface area contributed by atoms with Crippen molar-refractivity contribution in [3.05, 3.63) is 23.8 Å². The lowest BCUT2D eigenvalue weighted by molar-refractivity contribution is 0.0696. The molecular weight excluding hydrogens is 244 g/mol. The van der Waals surface area contributed by atoms with Crippen LogP contribution in [-0.4, -0.2) is 34.4 Å². The molecule has 2 atom stereocenters. The topological polar surface area (TPSA) is 86.8 Å². The second-order valence-corrected chi connectivity index (χ2v) is 5.50. The van der Waals surface area contributed by atoms with Crippen molar-refractivity contribution in [3.63, 3.8) is 0 Å². The van der Waals surface area contributed by atoms with Crippen molar-refractivity contribution in [1.29, 1.82) is 0 Å². The van der Waals surface area contributed by atoms with Crippen LogP contribution in [-0.2, 0) is 0 Å². The third-order valence-corrected chi connectivity index (χ3v) is 4.26. The van der Waals surface area contributed by atoms with E-state index in [2.05, 4.69) is 4.90 Å². The van der Waals surface area contributed by atoms with E-state index in [4.69, 9.17) is 10.8 Å². The standard InChI is InChI=1S/C14H18N2O3/c15-12-4-1-8(14(18)19)5-13(12)16-9-2-3-10(16)7-11(17)6-9/h1,4-5,9-11,17H,2-3,6-7,15H2,(H,18,19). The van der Waals surface area contributed by atoms with Crippen LogP contribution in [0.5, 0.6) is 0 Å². The first-order valence-corrected chi connectivity index (χ1v) is 6.65. The van der Waals surface area contributed by atoms with Crippen molar-refractivity contribution >= 4 is 17.3 Å². The Kier molecular flexibility index (Phi) is 2.86. The first-order chi connectivity index (χ1) is 9.06. The van der Waals surface area contributed by atoms with Gasteiger partial charge in [0, 0.05) is 12.1 Å². The number of aliphatic hydroxyl groups excluding tert-OH is 1. The van der Waals surface area contributed by atoms with Crippen LogP contribution in [0.3, 0.4) is 0 Å². The van der Waals surface area contributed by atoms with E-state index in [0.29, 0.717) is 5.69 Å². The number of hydrogen-bond donors (Lipinski definition) is 3. The number of aliphatic hydroxyl groups is 1. The van der Waals surface area contributed by atoms with Gasteiger partial charge in [-0.25, -0.2) is 4.79 Å². The van der Waals surface area contributed by atoms with E-state index in [1.807, 2.05) is 0 Å². The number of carboxylic acids is 1. The Morgan fingerprint density at radius 2 is 1.89 bits per heavy atom. The fourth-order valence-electron chi connectivity index (χ4n) is 3.44. The summed E-state index contributed by atoms with van der Waals surface area (Å²) in [7, 11) is 0. The van der Waals surface area contributed by atoms with Crippen molar-refractivity contribution in [2.45, 2.75) is 43.9 Å². The first kappa shape index (κ1) is 12.3. The van der Waals surface area contributed by atoms with E-state index in [1.54, 1.807) is 12.1 Å². The van der Waals surface area contributed by atoms with Crippen molar-refractivity contribution in [2.24, 2.45) is 0 Å². The Morgan fingerprint density at radius 1 is 1.26 bits per heavy atom. The Morgan fingerprint density at radius 3 is 2.47 bits per heavy atom. The van der Waals surface area contributed by atoms with Crippen LogP contribution in [0.1, 0.15) is 36.0 Å². The lowest BCUT2D eigenvalue weighted by Crippen LogP contribution is -2.45. The Hall–Kier alpha value is -1.75. The normalized spacial score (nSPS) is 29.5. The van der Waals surface area contributed by atoms with Gasteiger partial charge in [-0.3, -0.25) is 0 Å². The summed E-state index contributed by atoms with van der Waals surface area (Å²) in [4.78, 5) is 13.3. The van der Waals surface area contributed by atoms with Crippen LogP contribution in [0.4, 0.5) is 11.4 Å². The van der Waals surface area contributed by atoms with Gasteiger partial charge in [-0.1, -0.05) is 0 Å². The number of anilines is 2. The second-order valence-electron chi connectivity index (χ2n) is 5.50. The number of nitrogen functional groups attached to an aromatic ring is 1. The van der Waals surface area contributed by atoms with Gasteiger partial charge in [-0.2, -0.15) is 0 Å². The van der Waals surface area contributed by atoms with E-state index in [-0.39, 0.29) is 23.8 Å². The number of carboxylic acid groups (broad SMARTS) is 1. The summed E-state index contributed by atoms with van der Waals surface area (Å²) in [5, 5.41) is 18.9. The summed E-state index contributed by atoms with van der Waals surface area (Å²) in [5.41, 5.74) is 7.68. The molecule has 2 heterocycles. The highest BCUT2D eigenvalue weighted by Gasteiger charge is 2.40. The maximum absolute atomic E-state index is 11.1. The second kappa shape index (κ2) is 4.42. The molecule has 5 heteroatoms. The number of rotatable bonds is 2. The lowest BCUT2D eigenvalue weighted by Gasteiger charge is -2.39. The number of nitrogens with zero attached hydrogens (tertiary/aromatic N) is 1. The van der Waals surface area contributed by atoms with Crippen LogP contribution in [0.25, 0.3) is 0 Å². The van der Waals surface area contributed by atoms with E-state index in [9.17, 15) is 9.90 Å². The minimum absolute atomic E-state index is 0.238. The fraction of sp³-hybridized carbons (Fsp3) is 0.500. The molecule has 0 aliphatic carbocycles. The molecule has 3 rings (SSSR count). The number of nitrogens with two attached hydrogens (primary N) is 1. The molecule has 0 amide bonds. The number of benzene rings is 1. The molecule has 0 spiro atoms.